The molecule has 0 bridgehead atoms. The van der Waals surface area contributed by atoms with Crippen LogP contribution in [0.15, 0.2) is 33.6 Å². The topological polar surface area (TPSA) is 138 Å². The summed E-state index contributed by atoms with van der Waals surface area (Å²) in [5, 5.41) is 3.64. The number of ether oxygens (including phenoxy) is 1. The lowest BCUT2D eigenvalue weighted by Gasteiger charge is -2.39. The summed E-state index contributed by atoms with van der Waals surface area (Å²) in [6.07, 6.45) is 0. The van der Waals surface area contributed by atoms with Crippen LogP contribution in [0.2, 0.25) is 0 Å². The van der Waals surface area contributed by atoms with Crippen molar-refractivity contribution in [3.05, 3.63) is 34.8 Å². The van der Waals surface area contributed by atoms with Crippen LogP contribution in [0.5, 0.6) is 5.75 Å². The van der Waals surface area contributed by atoms with E-state index in [0.717, 1.165) is 0 Å². The number of hydrogen-bond donors (Lipinski definition) is 2. The van der Waals surface area contributed by atoms with Crippen LogP contribution >= 0.6 is 0 Å². The molecule has 0 aliphatic carbocycles. The average Bonchev–Trinajstić information content (AvgIpc) is 3.24. The number of hydrogen-bond acceptors (Lipinski definition) is 7. The van der Waals surface area contributed by atoms with Gasteiger partial charge in [-0.05, 0) is 26.0 Å². The smallest absolute Gasteiger partial charge is 0.439 e. The van der Waals surface area contributed by atoms with Crippen LogP contribution in [0.25, 0.3) is 11.4 Å². The minimum Gasteiger partial charge on any atom is -0.478 e. The van der Waals surface area contributed by atoms with Gasteiger partial charge in [-0.3, -0.25) is 14.3 Å². The zero-order valence-corrected chi connectivity index (χ0v) is 16.7. The van der Waals surface area contributed by atoms with Gasteiger partial charge in [-0.1, -0.05) is 17.3 Å². The SMILES string of the molecule is CC(C)(Oc1cccc(-c2noc(=O)[nH]2)c1)C(=O)N1CCN2C(CNS2(=O)=O)C1. The molecule has 156 valence electrons. The molecule has 11 nitrogen and oxygen atoms in total. The summed E-state index contributed by atoms with van der Waals surface area (Å²) in [4.78, 5) is 28.3. The van der Waals surface area contributed by atoms with Gasteiger partial charge in [-0.15, -0.1) is 0 Å². The molecule has 12 heteroatoms. The van der Waals surface area contributed by atoms with Crippen LogP contribution in [-0.2, 0) is 15.0 Å². The first-order chi connectivity index (χ1) is 13.7. The fraction of sp³-hybridized carbons (Fsp3) is 0.471. The van der Waals surface area contributed by atoms with Gasteiger partial charge in [0.25, 0.3) is 16.1 Å². The number of nitrogens with one attached hydrogen (secondary N) is 2. The van der Waals surface area contributed by atoms with Crippen LogP contribution in [0.1, 0.15) is 13.8 Å². The molecule has 2 fully saturated rings. The van der Waals surface area contributed by atoms with E-state index >= 15 is 0 Å². The summed E-state index contributed by atoms with van der Waals surface area (Å²) in [5.41, 5.74) is -0.601. The molecule has 0 saturated carbocycles. The van der Waals surface area contributed by atoms with E-state index in [1.165, 1.54) is 4.31 Å². The van der Waals surface area contributed by atoms with Crippen molar-refractivity contribution in [2.24, 2.45) is 0 Å². The zero-order valence-electron chi connectivity index (χ0n) is 15.9. The van der Waals surface area contributed by atoms with E-state index in [2.05, 4.69) is 19.4 Å². The van der Waals surface area contributed by atoms with Crippen molar-refractivity contribution in [3.8, 4) is 17.1 Å². The Labute approximate surface area is 166 Å². The Bertz CT molecular complexity index is 1090. The molecule has 2 aliphatic rings. The molecule has 3 heterocycles. The van der Waals surface area contributed by atoms with Gasteiger partial charge in [0.2, 0.25) is 0 Å². The quantitative estimate of drug-likeness (QED) is 0.679. The molecule has 29 heavy (non-hydrogen) atoms. The van der Waals surface area contributed by atoms with Gasteiger partial charge in [0.1, 0.15) is 5.75 Å². The van der Waals surface area contributed by atoms with Crippen molar-refractivity contribution in [3.63, 3.8) is 0 Å². The molecule has 0 spiro atoms. The third-order valence-electron chi connectivity index (χ3n) is 4.96. The molecule has 2 aromatic rings. The van der Waals surface area contributed by atoms with Gasteiger partial charge in [0.15, 0.2) is 11.4 Å². The van der Waals surface area contributed by atoms with E-state index in [9.17, 15) is 18.0 Å². The normalized spacial score (nSPS) is 21.7. The van der Waals surface area contributed by atoms with Crippen LogP contribution < -0.4 is 15.2 Å². The lowest BCUT2D eigenvalue weighted by Crippen LogP contribution is -2.58. The Kier molecular flexibility index (Phi) is 4.71. The Morgan fingerprint density at radius 1 is 1.34 bits per heavy atom. The van der Waals surface area contributed by atoms with Crippen LogP contribution in [0.4, 0.5) is 0 Å². The summed E-state index contributed by atoms with van der Waals surface area (Å²) in [5.74, 6) is -0.213. The van der Waals surface area contributed by atoms with Gasteiger partial charge in [-0.25, -0.2) is 9.52 Å². The third kappa shape index (κ3) is 3.78. The molecular weight excluding hydrogens is 402 g/mol. The number of aromatic nitrogens is 2. The molecule has 0 radical (unpaired) electrons. The fourth-order valence-corrected chi connectivity index (χ4v) is 5.00. The number of nitrogens with zero attached hydrogens (tertiary/aromatic N) is 3. The summed E-state index contributed by atoms with van der Waals surface area (Å²) < 4.78 is 38.2. The molecule has 1 atom stereocenters. The molecule has 1 aromatic heterocycles. The van der Waals surface area contributed by atoms with E-state index in [1.807, 2.05) is 0 Å². The number of fused-ring (bicyclic) bond motifs is 1. The summed E-state index contributed by atoms with van der Waals surface area (Å²) >= 11 is 0. The third-order valence-corrected chi connectivity index (χ3v) is 6.59. The van der Waals surface area contributed by atoms with Crippen molar-refractivity contribution in [1.29, 1.82) is 0 Å². The molecular formula is C17H21N5O6S. The van der Waals surface area contributed by atoms with Crippen molar-refractivity contribution >= 4 is 16.1 Å². The van der Waals surface area contributed by atoms with E-state index in [1.54, 1.807) is 43.0 Å². The maximum absolute atomic E-state index is 13.1. The number of piperazine rings is 1. The minimum absolute atomic E-state index is 0.235. The lowest BCUT2D eigenvalue weighted by atomic mass is 10.1. The molecule has 1 aromatic carbocycles. The van der Waals surface area contributed by atoms with Crippen LogP contribution in [0.3, 0.4) is 0 Å². The van der Waals surface area contributed by atoms with Crippen molar-refractivity contribution in [2.75, 3.05) is 26.2 Å². The second-order valence-electron chi connectivity index (χ2n) is 7.45. The summed E-state index contributed by atoms with van der Waals surface area (Å²) in [6.45, 7) is 4.45. The first-order valence-corrected chi connectivity index (χ1v) is 10.5. The lowest BCUT2D eigenvalue weighted by molar-refractivity contribution is -0.147. The Morgan fingerprint density at radius 3 is 2.86 bits per heavy atom. The highest BCUT2D eigenvalue weighted by molar-refractivity contribution is 7.87. The number of H-pyrrole nitrogens is 1. The number of aromatic amines is 1. The van der Waals surface area contributed by atoms with Crippen molar-refractivity contribution < 1.29 is 22.5 Å². The highest BCUT2D eigenvalue weighted by Crippen LogP contribution is 2.26. The highest BCUT2D eigenvalue weighted by Gasteiger charge is 2.44. The van der Waals surface area contributed by atoms with Crippen molar-refractivity contribution in [2.45, 2.75) is 25.5 Å². The number of amides is 1. The largest absolute Gasteiger partial charge is 0.478 e. The first kappa shape index (κ1) is 19.6. The second-order valence-corrected chi connectivity index (χ2v) is 9.16. The number of carbonyl (C=O) groups excluding carboxylic acids is 1. The highest BCUT2D eigenvalue weighted by atomic mass is 32.2. The van der Waals surface area contributed by atoms with E-state index in [4.69, 9.17) is 4.74 Å². The predicted molar refractivity (Wildman–Crippen MR) is 101 cm³/mol. The Balaban J connectivity index is 1.48. The zero-order chi connectivity index (χ0) is 20.8. The van der Waals surface area contributed by atoms with Gasteiger partial charge >= 0.3 is 5.76 Å². The van der Waals surface area contributed by atoms with E-state index in [-0.39, 0.29) is 30.9 Å². The maximum Gasteiger partial charge on any atom is 0.439 e. The molecule has 4 rings (SSSR count). The van der Waals surface area contributed by atoms with E-state index < -0.39 is 21.6 Å². The average molecular weight is 423 g/mol. The minimum atomic E-state index is -3.43. The van der Waals surface area contributed by atoms with Gasteiger partial charge < -0.3 is 9.64 Å². The molecule has 1 amide bonds. The first-order valence-electron chi connectivity index (χ1n) is 9.07. The monoisotopic (exact) mass is 423 g/mol. The maximum atomic E-state index is 13.1. The predicted octanol–water partition coefficient (Wildman–Crippen LogP) is -0.452. The Morgan fingerprint density at radius 2 is 2.14 bits per heavy atom. The van der Waals surface area contributed by atoms with E-state index in [0.29, 0.717) is 24.4 Å². The summed E-state index contributed by atoms with van der Waals surface area (Å²) in [7, 11) is -3.43. The van der Waals surface area contributed by atoms with Crippen LogP contribution in [0, 0.1) is 0 Å². The van der Waals surface area contributed by atoms with Gasteiger partial charge in [0.05, 0.1) is 6.04 Å². The molecule has 2 aliphatic heterocycles. The van der Waals surface area contributed by atoms with Crippen LogP contribution in [-0.4, -0.2) is 71.5 Å². The standard InChI is InChI=1S/C17H21N5O6S/c1-17(2,15(23)21-6-7-22-12(10-21)9-18-29(22,25)26)27-13-5-3-4-11(8-13)14-19-16(24)28-20-14/h3-5,8,12,18H,6-7,9-10H2,1-2H3,(H,19,20,24). The number of carbonyl (C=O) groups is 1. The molecule has 1 unspecified atom stereocenters. The van der Waals surface area contributed by atoms with Crippen molar-refractivity contribution in [1.82, 2.24) is 24.1 Å². The number of rotatable bonds is 4. The summed E-state index contributed by atoms with van der Waals surface area (Å²) in [6, 6.07) is 6.51. The molecule has 2 saturated heterocycles. The van der Waals surface area contributed by atoms with Gasteiger partial charge in [0, 0.05) is 31.7 Å². The Hall–Kier alpha value is -2.70. The van der Waals surface area contributed by atoms with Gasteiger partial charge in [-0.2, -0.15) is 12.7 Å². The molecule has 2 N–H and O–H groups in total. The fourth-order valence-electron chi connectivity index (χ4n) is 3.57. The number of benzene rings is 1. The second kappa shape index (κ2) is 6.97.